The van der Waals surface area contributed by atoms with Crippen LogP contribution >= 0.6 is 11.8 Å². The Morgan fingerprint density at radius 1 is 1.24 bits per heavy atom. The summed E-state index contributed by atoms with van der Waals surface area (Å²) in [5.74, 6) is 0.374. The van der Waals surface area contributed by atoms with Gasteiger partial charge >= 0.3 is 0 Å². The molecule has 0 bridgehead atoms. The number of nitrogens with zero attached hydrogens (tertiary/aromatic N) is 3. The van der Waals surface area contributed by atoms with E-state index in [4.69, 9.17) is 14.9 Å². The maximum absolute atomic E-state index is 6.03. The van der Waals surface area contributed by atoms with Gasteiger partial charge < -0.3 is 14.9 Å². The average Bonchev–Trinajstić information content (AvgIpc) is 2.85. The molecule has 0 atom stereocenters. The highest BCUT2D eigenvalue weighted by molar-refractivity contribution is 7.99. The number of aromatic nitrogens is 3. The fourth-order valence-electron chi connectivity index (χ4n) is 1.74. The smallest absolute Gasteiger partial charge is 0.263 e. The Morgan fingerprint density at radius 2 is 2.05 bits per heavy atom. The van der Waals surface area contributed by atoms with Crippen LogP contribution in [0.15, 0.2) is 45.3 Å². The lowest BCUT2D eigenvalue weighted by Crippen LogP contribution is -2.09. The molecule has 0 aliphatic carbocycles. The minimum Gasteiger partial charge on any atom is -0.473 e. The van der Waals surface area contributed by atoms with E-state index in [2.05, 4.69) is 15.0 Å². The van der Waals surface area contributed by atoms with Crippen molar-refractivity contribution in [1.29, 1.82) is 0 Å². The van der Waals surface area contributed by atoms with E-state index in [1.54, 1.807) is 0 Å². The minimum absolute atomic E-state index is 0.00984. The Morgan fingerprint density at radius 3 is 2.81 bits per heavy atom. The summed E-state index contributed by atoms with van der Waals surface area (Å²) in [5, 5.41) is 1.05. The number of ether oxygens (including phenoxy) is 1. The molecule has 0 aliphatic heterocycles. The third kappa shape index (κ3) is 2.92. The number of nitrogens with two attached hydrogens (primary N) is 1. The number of para-hydroxylation sites is 2. The summed E-state index contributed by atoms with van der Waals surface area (Å²) in [6, 6.07) is 7.56. The summed E-state index contributed by atoms with van der Waals surface area (Å²) in [6.07, 6.45) is 1.41. The largest absolute Gasteiger partial charge is 0.473 e. The van der Waals surface area contributed by atoms with Gasteiger partial charge in [0.25, 0.3) is 5.22 Å². The van der Waals surface area contributed by atoms with Gasteiger partial charge in [0, 0.05) is 0 Å². The molecule has 0 fully saturated rings. The van der Waals surface area contributed by atoms with Gasteiger partial charge in [0.2, 0.25) is 5.88 Å². The van der Waals surface area contributed by atoms with Crippen LogP contribution in [-0.4, -0.2) is 21.1 Å². The summed E-state index contributed by atoms with van der Waals surface area (Å²) in [4.78, 5) is 12.6. The third-order valence-corrected chi connectivity index (χ3v) is 3.48. The van der Waals surface area contributed by atoms with Gasteiger partial charge in [-0.25, -0.2) is 9.97 Å². The average molecular weight is 302 g/mol. The van der Waals surface area contributed by atoms with E-state index >= 15 is 0 Å². The fourth-order valence-corrected chi connectivity index (χ4v) is 2.48. The van der Waals surface area contributed by atoms with Gasteiger partial charge in [0.05, 0.1) is 6.10 Å². The number of rotatable bonds is 4. The molecule has 0 aliphatic rings. The van der Waals surface area contributed by atoms with E-state index in [0.717, 1.165) is 11.1 Å². The molecule has 2 aromatic heterocycles. The summed E-state index contributed by atoms with van der Waals surface area (Å²) >= 11 is 1.25. The highest BCUT2D eigenvalue weighted by atomic mass is 32.2. The number of fused-ring (bicyclic) bond motifs is 1. The number of oxazole rings is 1. The zero-order valence-corrected chi connectivity index (χ0v) is 12.4. The summed E-state index contributed by atoms with van der Waals surface area (Å²) in [7, 11) is 0. The number of anilines is 1. The first-order chi connectivity index (χ1) is 10.1. The van der Waals surface area contributed by atoms with E-state index in [0.29, 0.717) is 21.8 Å². The van der Waals surface area contributed by atoms with E-state index in [9.17, 15) is 0 Å². The van der Waals surface area contributed by atoms with Gasteiger partial charge in [-0.3, -0.25) is 0 Å². The van der Waals surface area contributed by atoms with Crippen LogP contribution in [0.1, 0.15) is 13.8 Å². The van der Waals surface area contributed by atoms with Gasteiger partial charge in [0.1, 0.15) is 22.6 Å². The molecule has 0 radical (unpaired) electrons. The van der Waals surface area contributed by atoms with Crippen LogP contribution in [0.5, 0.6) is 5.88 Å². The molecule has 108 valence electrons. The normalized spacial score (nSPS) is 11.2. The van der Waals surface area contributed by atoms with Crippen molar-refractivity contribution < 1.29 is 9.15 Å². The lowest BCUT2D eigenvalue weighted by atomic mass is 10.3. The second-order valence-corrected chi connectivity index (χ2v) is 5.55. The van der Waals surface area contributed by atoms with Crippen molar-refractivity contribution in [1.82, 2.24) is 15.0 Å². The second-order valence-electron chi connectivity index (χ2n) is 4.61. The van der Waals surface area contributed by atoms with Crippen LogP contribution in [0.25, 0.3) is 11.1 Å². The second kappa shape index (κ2) is 5.61. The van der Waals surface area contributed by atoms with Crippen LogP contribution in [0.3, 0.4) is 0 Å². The predicted octanol–water partition coefficient (Wildman–Crippen LogP) is 3.14. The van der Waals surface area contributed by atoms with Crippen LogP contribution in [-0.2, 0) is 0 Å². The summed E-state index contributed by atoms with van der Waals surface area (Å²) in [5.41, 5.74) is 7.95. The summed E-state index contributed by atoms with van der Waals surface area (Å²) < 4.78 is 11.2. The van der Waals surface area contributed by atoms with Gasteiger partial charge in [-0.15, -0.1) is 0 Å². The third-order valence-electron chi connectivity index (χ3n) is 2.62. The molecule has 6 nitrogen and oxygen atoms in total. The standard InChI is InChI=1S/C14H14N4O2S/c1-8(2)19-12-11(15)13(17-7-16-12)21-14-18-9-5-3-4-6-10(9)20-14/h3-8H,15H2,1-2H3. The van der Waals surface area contributed by atoms with Crippen molar-refractivity contribution in [3.8, 4) is 5.88 Å². The molecule has 0 unspecified atom stereocenters. The predicted molar refractivity (Wildman–Crippen MR) is 80.3 cm³/mol. The Labute approximate surface area is 125 Å². The van der Waals surface area contributed by atoms with Crippen molar-refractivity contribution in [3.63, 3.8) is 0 Å². The van der Waals surface area contributed by atoms with Gasteiger partial charge in [-0.05, 0) is 37.7 Å². The number of hydrogen-bond acceptors (Lipinski definition) is 7. The highest BCUT2D eigenvalue weighted by Crippen LogP contribution is 2.35. The van der Waals surface area contributed by atoms with Crippen molar-refractivity contribution in [3.05, 3.63) is 30.6 Å². The van der Waals surface area contributed by atoms with Gasteiger partial charge in [-0.1, -0.05) is 12.1 Å². The highest BCUT2D eigenvalue weighted by Gasteiger charge is 2.15. The molecular formula is C14H14N4O2S. The quantitative estimate of drug-likeness (QED) is 0.741. The minimum atomic E-state index is -0.00984. The Hall–Kier alpha value is -2.28. The molecule has 2 heterocycles. The molecule has 3 rings (SSSR count). The lowest BCUT2D eigenvalue weighted by Gasteiger charge is -2.11. The summed E-state index contributed by atoms with van der Waals surface area (Å²) in [6.45, 7) is 3.82. The van der Waals surface area contributed by atoms with E-state index < -0.39 is 0 Å². The van der Waals surface area contributed by atoms with Crippen LogP contribution in [0, 0.1) is 0 Å². The topological polar surface area (TPSA) is 87.1 Å². The molecule has 0 saturated carbocycles. The zero-order chi connectivity index (χ0) is 14.8. The number of nitrogen functional groups attached to an aromatic ring is 1. The Kier molecular flexibility index (Phi) is 3.66. The molecule has 0 amide bonds. The Bertz CT molecular complexity index is 740. The first kappa shape index (κ1) is 13.7. The van der Waals surface area contributed by atoms with E-state index in [-0.39, 0.29) is 6.10 Å². The Balaban J connectivity index is 1.90. The molecule has 2 N–H and O–H groups in total. The van der Waals surface area contributed by atoms with Crippen molar-refractivity contribution in [2.75, 3.05) is 5.73 Å². The van der Waals surface area contributed by atoms with Crippen molar-refractivity contribution in [2.45, 2.75) is 30.2 Å². The van der Waals surface area contributed by atoms with Gasteiger partial charge in [-0.2, -0.15) is 4.98 Å². The van der Waals surface area contributed by atoms with E-state index in [1.807, 2.05) is 38.1 Å². The fraction of sp³-hybridized carbons (Fsp3) is 0.214. The maximum Gasteiger partial charge on any atom is 0.263 e. The number of benzene rings is 1. The monoisotopic (exact) mass is 302 g/mol. The molecule has 1 aromatic carbocycles. The molecule has 21 heavy (non-hydrogen) atoms. The first-order valence-electron chi connectivity index (χ1n) is 6.44. The van der Waals surface area contributed by atoms with Gasteiger partial charge in [0.15, 0.2) is 5.58 Å². The molecule has 7 heteroatoms. The molecule has 0 saturated heterocycles. The molecule has 3 aromatic rings. The van der Waals surface area contributed by atoms with Crippen LogP contribution < -0.4 is 10.5 Å². The lowest BCUT2D eigenvalue weighted by molar-refractivity contribution is 0.233. The zero-order valence-electron chi connectivity index (χ0n) is 11.6. The first-order valence-corrected chi connectivity index (χ1v) is 7.25. The molecular weight excluding hydrogens is 288 g/mol. The van der Waals surface area contributed by atoms with Crippen LogP contribution in [0.4, 0.5) is 5.69 Å². The number of hydrogen-bond donors (Lipinski definition) is 1. The molecule has 0 spiro atoms. The SMILES string of the molecule is CC(C)Oc1ncnc(Sc2nc3ccccc3o2)c1N. The maximum atomic E-state index is 6.03. The van der Waals surface area contributed by atoms with Crippen molar-refractivity contribution in [2.24, 2.45) is 0 Å². The van der Waals surface area contributed by atoms with Crippen LogP contribution in [0.2, 0.25) is 0 Å². The van der Waals surface area contributed by atoms with E-state index in [1.165, 1.54) is 18.1 Å². The van der Waals surface area contributed by atoms with Crippen molar-refractivity contribution >= 4 is 28.5 Å².